The molecular formula is C14H13FN4O2S2. The maximum atomic E-state index is 13.1. The van der Waals surface area contributed by atoms with Crippen molar-refractivity contribution in [2.75, 3.05) is 17.6 Å². The largest absolute Gasteiger partial charge is 0.330 e. The molecule has 0 saturated carbocycles. The van der Waals surface area contributed by atoms with E-state index in [1.807, 2.05) is 0 Å². The number of amides is 2. The van der Waals surface area contributed by atoms with Gasteiger partial charge in [0.1, 0.15) is 5.82 Å². The number of nitrogens with one attached hydrogen (secondary N) is 1. The number of anilines is 2. The number of rotatable bonds is 5. The van der Waals surface area contributed by atoms with Crippen LogP contribution in [0.5, 0.6) is 0 Å². The summed E-state index contributed by atoms with van der Waals surface area (Å²) < 4.78 is 13.7. The second kappa shape index (κ2) is 7.05. The number of hydrogen-bond donors (Lipinski definition) is 1. The average molecular weight is 352 g/mol. The van der Waals surface area contributed by atoms with Crippen LogP contribution >= 0.6 is 23.1 Å². The summed E-state index contributed by atoms with van der Waals surface area (Å²) in [5, 5.41) is 11.4. The summed E-state index contributed by atoms with van der Waals surface area (Å²) in [6, 6.07) is 6.04. The highest BCUT2D eigenvalue weighted by Crippen LogP contribution is 2.28. The molecule has 2 amide bonds. The zero-order chi connectivity index (χ0) is 16.2. The number of hydrogen-bond acceptors (Lipinski definition) is 7. The van der Waals surface area contributed by atoms with Crippen molar-refractivity contribution in [2.45, 2.75) is 17.2 Å². The minimum atomic E-state index is -0.338. The molecule has 0 bridgehead atoms. The maximum absolute atomic E-state index is 13.1. The number of thioether (sulfide) groups is 1. The summed E-state index contributed by atoms with van der Waals surface area (Å²) >= 11 is 2.51. The summed E-state index contributed by atoms with van der Waals surface area (Å²) in [6.45, 7) is 0.501. The van der Waals surface area contributed by atoms with E-state index in [9.17, 15) is 14.0 Å². The molecule has 0 aliphatic carbocycles. The fourth-order valence-electron chi connectivity index (χ4n) is 2.12. The molecule has 1 fully saturated rings. The van der Waals surface area contributed by atoms with Gasteiger partial charge in [-0.2, -0.15) is 0 Å². The molecule has 6 nitrogen and oxygen atoms in total. The molecule has 1 aliphatic heterocycles. The van der Waals surface area contributed by atoms with Gasteiger partial charge in [-0.05, 0) is 24.6 Å². The zero-order valence-electron chi connectivity index (χ0n) is 12.0. The van der Waals surface area contributed by atoms with E-state index in [0.29, 0.717) is 28.1 Å². The number of carbonyl (C=O) groups excluding carboxylic acids is 2. The summed E-state index contributed by atoms with van der Waals surface area (Å²) in [7, 11) is 0. The summed E-state index contributed by atoms with van der Waals surface area (Å²) in [5.74, 6) is -0.496. The van der Waals surface area contributed by atoms with Gasteiger partial charge in [0, 0.05) is 18.7 Å². The van der Waals surface area contributed by atoms with Crippen LogP contribution in [0, 0.1) is 5.82 Å². The van der Waals surface area contributed by atoms with Crippen LogP contribution in [0.4, 0.5) is 15.2 Å². The molecule has 2 heterocycles. The van der Waals surface area contributed by atoms with Crippen molar-refractivity contribution >= 4 is 45.7 Å². The molecule has 1 aromatic carbocycles. The Morgan fingerprint density at radius 1 is 1.43 bits per heavy atom. The number of likely N-dealkylation sites (tertiary alicyclic amines) is 1. The minimum Gasteiger partial charge on any atom is -0.330 e. The molecule has 0 radical (unpaired) electrons. The highest BCUT2D eigenvalue weighted by molar-refractivity contribution is 8.01. The Bertz CT molecular complexity index is 737. The van der Waals surface area contributed by atoms with Gasteiger partial charge in [-0.15, -0.1) is 10.2 Å². The summed E-state index contributed by atoms with van der Waals surface area (Å²) in [4.78, 5) is 24.7. The van der Waals surface area contributed by atoms with E-state index in [-0.39, 0.29) is 23.4 Å². The molecule has 120 valence electrons. The van der Waals surface area contributed by atoms with E-state index < -0.39 is 0 Å². The lowest BCUT2D eigenvalue weighted by Gasteiger charge is -2.11. The smallest absolute Gasteiger partial charge is 0.239 e. The van der Waals surface area contributed by atoms with E-state index in [1.165, 1.54) is 40.1 Å². The molecule has 0 spiro atoms. The lowest BCUT2D eigenvalue weighted by molar-refractivity contribution is -0.140. The van der Waals surface area contributed by atoms with Gasteiger partial charge in [0.15, 0.2) is 4.34 Å². The van der Waals surface area contributed by atoms with Crippen LogP contribution in [-0.2, 0) is 9.59 Å². The van der Waals surface area contributed by atoms with Crippen molar-refractivity contribution in [3.05, 3.63) is 30.1 Å². The fourth-order valence-corrected chi connectivity index (χ4v) is 3.77. The molecule has 1 N–H and O–H groups in total. The van der Waals surface area contributed by atoms with E-state index >= 15 is 0 Å². The van der Waals surface area contributed by atoms with Crippen molar-refractivity contribution in [3.8, 4) is 0 Å². The lowest BCUT2D eigenvalue weighted by Crippen LogP contribution is -2.33. The highest BCUT2D eigenvalue weighted by Gasteiger charge is 2.26. The topological polar surface area (TPSA) is 75.2 Å². The predicted octanol–water partition coefficient (Wildman–Crippen LogP) is 2.66. The minimum absolute atomic E-state index is 0.110. The van der Waals surface area contributed by atoms with Gasteiger partial charge >= 0.3 is 0 Å². The van der Waals surface area contributed by atoms with Crippen molar-refractivity contribution in [3.63, 3.8) is 0 Å². The van der Waals surface area contributed by atoms with Gasteiger partial charge in [-0.25, -0.2) is 4.39 Å². The number of halogens is 1. The second-order valence-corrected chi connectivity index (χ2v) is 7.04. The normalized spacial score (nSPS) is 14.3. The molecule has 1 aromatic heterocycles. The molecule has 23 heavy (non-hydrogen) atoms. The first-order valence-corrected chi connectivity index (χ1v) is 8.74. The van der Waals surface area contributed by atoms with Crippen LogP contribution in [0.2, 0.25) is 0 Å². The first kappa shape index (κ1) is 15.9. The molecule has 3 rings (SSSR count). The Balaban J connectivity index is 1.55. The Morgan fingerprint density at radius 3 is 3.04 bits per heavy atom. The van der Waals surface area contributed by atoms with E-state index in [2.05, 4.69) is 15.5 Å². The number of aromatic nitrogens is 2. The Labute approximate surface area is 140 Å². The molecule has 2 aromatic rings. The van der Waals surface area contributed by atoms with Crippen LogP contribution in [0.15, 0.2) is 28.6 Å². The molecule has 1 aliphatic rings. The standard InChI is InChI=1S/C14H13FN4O2S2/c15-9-3-1-4-10(7-9)16-13-17-18-14(23-13)22-8-12(21)19-6-2-5-11(19)20/h1,3-4,7H,2,5-6,8H2,(H,16,17). The van der Waals surface area contributed by atoms with Gasteiger partial charge in [-0.3, -0.25) is 14.5 Å². The van der Waals surface area contributed by atoms with Crippen molar-refractivity contribution in [1.82, 2.24) is 15.1 Å². The van der Waals surface area contributed by atoms with Gasteiger partial charge < -0.3 is 5.32 Å². The molecule has 0 unspecified atom stereocenters. The summed E-state index contributed by atoms with van der Waals surface area (Å²) in [5.41, 5.74) is 0.580. The monoisotopic (exact) mass is 352 g/mol. The lowest BCUT2D eigenvalue weighted by atomic mass is 10.3. The number of carbonyl (C=O) groups is 2. The number of imide groups is 1. The van der Waals surface area contributed by atoms with Gasteiger partial charge in [0.2, 0.25) is 16.9 Å². The number of benzene rings is 1. The SMILES string of the molecule is O=C1CCCN1C(=O)CSc1nnc(Nc2cccc(F)c2)s1. The third-order valence-corrected chi connectivity index (χ3v) is 5.13. The Hall–Kier alpha value is -2.00. The van der Waals surface area contributed by atoms with E-state index in [4.69, 9.17) is 0 Å². The van der Waals surface area contributed by atoms with Gasteiger partial charge in [-0.1, -0.05) is 29.2 Å². The second-order valence-electron chi connectivity index (χ2n) is 4.84. The van der Waals surface area contributed by atoms with Crippen LogP contribution in [0.25, 0.3) is 0 Å². The van der Waals surface area contributed by atoms with Gasteiger partial charge in [0.05, 0.1) is 5.75 Å². The Kier molecular flexibility index (Phi) is 4.87. The van der Waals surface area contributed by atoms with Crippen molar-refractivity contribution in [1.29, 1.82) is 0 Å². The van der Waals surface area contributed by atoms with E-state index in [1.54, 1.807) is 12.1 Å². The molecular weight excluding hydrogens is 339 g/mol. The van der Waals surface area contributed by atoms with Gasteiger partial charge in [0.25, 0.3) is 0 Å². The highest BCUT2D eigenvalue weighted by atomic mass is 32.2. The van der Waals surface area contributed by atoms with Crippen molar-refractivity contribution < 1.29 is 14.0 Å². The quantitative estimate of drug-likeness (QED) is 0.834. The fraction of sp³-hybridized carbons (Fsp3) is 0.286. The first-order valence-electron chi connectivity index (χ1n) is 6.94. The third kappa shape index (κ3) is 4.05. The molecule has 9 heteroatoms. The van der Waals surface area contributed by atoms with Crippen LogP contribution < -0.4 is 5.32 Å². The maximum Gasteiger partial charge on any atom is 0.239 e. The Morgan fingerprint density at radius 2 is 2.30 bits per heavy atom. The van der Waals surface area contributed by atoms with Crippen LogP contribution in [-0.4, -0.2) is 39.2 Å². The summed E-state index contributed by atoms with van der Waals surface area (Å²) in [6.07, 6.45) is 1.17. The first-order chi connectivity index (χ1) is 11.1. The van der Waals surface area contributed by atoms with E-state index in [0.717, 1.165) is 6.42 Å². The molecule has 1 saturated heterocycles. The average Bonchev–Trinajstić information content (AvgIpc) is 3.14. The number of nitrogens with zero attached hydrogens (tertiary/aromatic N) is 3. The van der Waals surface area contributed by atoms with Crippen LogP contribution in [0.3, 0.4) is 0 Å². The van der Waals surface area contributed by atoms with Crippen LogP contribution in [0.1, 0.15) is 12.8 Å². The van der Waals surface area contributed by atoms with Crippen molar-refractivity contribution in [2.24, 2.45) is 0 Å². The molecule has 0 atom stereocenters. The zero-order valence-corrected chi connectivity index (χ0v) is 13.6. The predicted molar refractivity (Wildman–Crippen MR) is 86.3 cm³/mol. The third-order valence-electron chi connectivity index (χ3n) is 3.18.